The summed E-state index contributed by atoms with van der Waals surface area (Å²) < 4.78 is 12.3. The van der Waals surface area contributed by atoms with E-state index in [1.807, 2.05) is 19.1 Å². The van der Waals surface area contributed by atoms with Crippen LogP contribution in [0.1, 0.15) is 19.8 Å². The van der Waals surface area contributed by atoms with Crippen LogP contribution >= 0.6 is 12.1 Å². The fourth-order valence-electron chi connectivity index (χ4n) is 1.99. The van der Waals surface area contributed by atoms with E-state index < -0.39 is 0 Å². The second kappa shape index (κ2) is 4.57. The van der Waals surface area contributed by atoms with Gasteiger partial charge in [0.2, 0.25) is 0 Å². The SMILES string of the molecule is C=C(C)C1(C(=C)Nc2ccc(SF)cc2)CC1. The second-order valence-corrected chi connectivity index (χ2v) is 5.19. The molecule has 0 unspecified atom stereocenters. The molecule has 3 heteroatoms. The molecule has 0 spiro atoms. The fraction of sp³-hybridized carbons (Fsp3) is 0.286. The highest BCUT2D eigenvalue weighted by Gasteiger charge is 2.46. The molecule has 1 N–H and O–H groups in total. The minimum atomic E-state index is 0.0769. The van der Waals surface area contributed by atoms with Crippen LogP contribution in [0.25, 0.3) is 0 Å². The first-order valence-electron chi connectivity index (χ1n) is 5.59. The Hall–Kier alpha value is -1.22. The molecule has 1 aromatic rings. The molecule has 0 bridgehead atoms. The van der Waals surface area contributed by atoms with Gasteiger partial charge in [-0.2, -0.15) is 3.89 Å². The summed E-state index contributed by atoms with van der Waals surface area (Å²) in [5.41, 5.74) is 3.17. The number of hydrogen-bond donors (Lipinski definition) is 1. The first-order chi connectivity index (χ1) is 8.08. The van der Waals surface area contributed by atoms with Gasteiger partial charge in [-0.3, -0.25) is 0 Å². The molecule has 1 aliphatic carbocycles. The van der Waals surface area contributed by atoms with Gasteiger partial charge in [0.1, 0.15) is 0 Å². The van der Waals surface area contributed by atoms with Crippen molar-refractivity contribution >= 4 is 17.8 Å². The Bertz CT molecular complexity index is 446. The molecule has 1 fully saturated rings. The van der Waals surface area contributed by atoms with E-state index in [2.05, 4.69) is 18.5 Å². The van der Waals surface area contributed by atoms with E-state index in [-0.39, 0.29) is 17.6 Å². The van der Waals surface area contributed by atoms with Gasteiger partial charge < -0.3 is 5.32 Å². The number of anilines is 1. The summed E-state index contributed by atoms with van der Waals surface area (Å²) in [6.45, 7) is 10.2. The highest BCUT2D eigenvalue weighted by molar-refractivity contribution is 7.94. The molecular weight excluding hydrogens is 233 g/mol. The minimum absolute atomic E-state index is 0.0769. The van der Waals surface area contributed by atoms with Gasteiger partial charge in [0.05, 0.1) is 12.1 Å². The van der Waals surface area contributed by atoms with Crippen LogP contribution in [0.15, 0.2) is 53.6 Å². The van der Waals surface area contributed by atoms with Crippen molar-refractivity contribution in [1.82, 2.24) is 0 Å². The molecule has 1 nitrogen and oxygen atoms in total. The molecule has 0 aromatic heterocycles. The molecule has 0 aliphatic heterocycles. The maximum Gasteiger partial charge on any atom is 0.0812 e. The smallest absolute Gasteiger partial charge is 0.0812 e. The number of hydrogen-bond acceptors (Lipinski definition) is 2. The van der Waals surface area contributed by atoms with Gasteiger partial charge in [-0.25, -0.2) is 0 Å². The highest BCUT2D eigenvalue weighted by Crippen LogP contribution is 2.56. The third-order valence-electron chi connectivity index (χ3n) is 3.38. The molecule has 1 aliphatic rings. The maximum absolute atomic E-state index is 12.3. The van der Waals surface area contributed by atoms with Crippen LogP contribution in [0.5, 0.6) is 0 Å². The Kier molecular flexibility index (Phi) is 3.29. The average molecular weight is 249 g/mol. The standard InChI is InChI=1S/C14H16FNS/c1-10(2)14(8-9-14)11(3)16-12-4-6-13(17-15)7-5-12/h4-7,16H,1,3,8-9H2,2H3. The zero-order valence-corrected chi connectivity index (χ0v) is 10.7. The molecule has 2 rings (SSSR count). The summed E-state index contributed by atoms with van der Waals surface area (Å²) in [6.07, 6.45) is 2.24. The zero-order valence-electron chi connectivity index (χ0n) is 9.92. The summed E-state index contributed by atoms with van der Waals surface area (Å²) >= 11 is 0.255. The van der Waals surface area contributed by atoms with E-state index in [9.17, 15) is 3.89 Å². The molecule has 90 valence electrons. The maximum atomic E-state index is 12.3. The Balaban J connectivity index is 2.06. The van der Waals surface area contributed by atoms with Crippen molar-refractivity contribution in [2.75, 3.05) is 5.32 Å². The lowest BCUT2D eigenvalue weighted by atomic mass is 9.95. The Labute approximate surface area is 106 Å². The summed E-state index contributed by atoms with van der Waals surface area (Å²) in [5, 5.41) is 3.29. The predicted octanol–water partition coefficient (Wildman–Crippen LogP) is 4.95. The zero-order chi connectivity index (χ0) is 12.5. The molecule has 0 heterocycles. The lowest BCUT2D eigenvalue weighted by Gasteiger charge is -2.20. The lowest BCUT2D eigenvalue weighted by molar-refractivity contribution is 0.736. The monoisotopic (exact) mass is 249 g/mol. The van der Waals surface area contributed by atoms with Crippen LogP contribution in [0.3, 0.4) is 0 Å². The minimum Gasteiger partial charge on any atom is -0.359 e. The van der Waals surface area contributed by atoms with Crippen molar-refractivity contribution in [3.63, 3.8) is 0 Å². The average Bonchev–Trinajstić information content (AvgIpc) is 3.11. The van der Waals surface area contributed by atoms with E-state index in [0.29, 0.717) is 4.90 Å². The van der Waals surface area contributed by atoms with Crippen molar-refractivity contribution < 1.29 is 3.89 Å². The summed E-state index contributed by atoms with van der Waals surface area (Å²) in [5.74, 6) is 0. The Morgan fingerprint density at radius 3 is 2.29 bits per heavy atom. The summed E-state index contributed by atoms with van der Waals surface area (Å²) in [7, 11) is 0. The van der Waals surface area contributed by atoms with Crippen LogP contribution in [-0.4, -0.2) is 0 Å². The number of nitrogens with one attached hydrogen (secondary N) is 1. The third kappa shape index (κ3) is 2.39. The topological polar surface area (TPSA) is 12.0 Å². The Morgan fingerprint density at radius 2 is 1.88 bits per heavy atom. The summed E-state index contributed by atoms with van der Waals surface area (Å²) in [6, 6.07) is 7.23. The van der Waals surface area contributed by atoms with E-state index in [4.69, 9.17) is 0 Å². The molecule has 0 amide bonds. The fourth-order valence-corrected chi connectivity index (χ4v) is 2.23. The predicted molar refractivity (Wildman–Crippen MR) is 72.7 cm³/mol. The molecule has 17 heavy (non-hydrogen) atoms. The first kappa shape index (κ1) is 12.2. The van der Waals surface area contributed by atoms with Gasteiger partial charge in [-0.05, 0) is 44.0 Å². The van der Waals surface area contributed by atoms with Crippen LogP contribution in [-0.2, 0) is 0 Å². The van der Waals surface area contributed by atoms with Gasteiger partial charge in [0.15, 0.2) is 0 Å². The summed E-state index contributed by atoms with van der Waals surface area (Å²) in [4.78, 5) is 0.613. The van der Waals surface area contributed by atoms with E-state index >= 15 is 0 Å². The van der Waals surface area contributed by atoms with Gasteiger partial charge >= 0.3 is 0 Å². The largest absolute Gasteiger partial charge is 0.359 e. The molecular formula is C14H16FNS. The lowest BCUT2D eigenvalue weighted by Crippen LogP contribution is -2.12. The highest BCUT2D eigenvalue weighted by atomic mass is 32.2. The second-order valence-electron chi connectivity index (χ2n) is 4.57. The van der Waals surface area contributed by atoms with Gasteiger partial charge in [0.25, 0.3) is 0 Å². The molecule has 0 radical (unpaired) electrons. The van der Waals surface area contributed by atoms with Crippen molar-refractivity contribution in [3.05, 3.63) is 48.7 Å². The molecule has 1 aromatic carbocycles. The van der Waals surface area contributed by atoms with Crippen molar-refractivity contribution in [1.29, 1.82) is 0 Å². The van der Waals surface area contributed by atoms with Crippen molar-refractivity contribution in [3.8, 4) is 0 Å². The van der Waals surface area contributed by atoms with E-state index in [1.165, 1.54) is 0 Å². The number of allylic oxidation sites excluding steroid dienone is 1. The Morgan fingerprint density at radius 1 is 1.29 bits per heavy atom. The number of benzene rings is 1. The van der Waals surface area contributed by atoms with E-state index in [1.54, 1.807) is 12.1 Å². The first-order valence-corrected chi connectivity index (χ1v) is 6.31. The van der Waals surface area contributed by atoms with Crippen LogP contribution in [0.4, 0.5) is 9.57 Å². The normalized spacial score (nSPS) is 16.4. The third-order valence-corrected chi connectivity index (χ3v) is 3.83. The van der Waals surface area contributed by atoms with Crippen LogP contribution < -0.4 is 5.32 Å². The molecule has 1 saturated carbocycles. The van der Waals surface area contributed by atoms with Gasteiger partial charge in [0, 0.05) is 21.7 Å². The van der Waals surface area contributed by atoms with Crippen LogP contribution in [0, 0.1) is 5.41 Å². The number of rotatable bonds is 5. The number of halogens is 1. The van der Waals surface area contributed by atoms with Gasteiger partial charge in [-0.15, -0.1) is 0 Å². The molecule has 0 atom stereocenters. The molecule has 0 saturated heterocycles. The quantitative estimate of drug-likeness (QED) is 0.741. The van der Waals surface area contributed by atoms with E-state index in [0.717, 1.165) is 29.8 Å². The van der Waals surface area contributed by atoms with Gasteiger partial charge in [-0.1, -0.05) is 18.7 Å². The van der Waals surface area contributed by atoms with Crippen molar-refractivity contribution in [2.24, 2.45) is 5.41 Å². The van der Waals surface area contributed by atoms with Crippen molar-refractivity contribution in [2.45, 2.75) is 24.7 Å². The van der Waals surface area contributed by atoms with Crippen LogP contribution in [0.2, 0.25) is 0 Å².